The topological polar surface area (TPSA) is 104 Å². The van der Waals surface area contributed by atoms with Gasteiger partial charge in [0, 0.05) is 17.7 Å². The standard InChI is InChI=1S/C16H19BN4O2/c1-10-7-11(5-6-13(10)17(22)23)8-19-16-12-3-2-4-14(18)15(12)20-9-21-16/h2-7,9-10,13,22-23H,8,18H2,1H3,(H,19,20,21). The first-order valence-electron chi connectivity index (χ1n) is 7.54. The van der Waals surface area contributed by atoms with E-state index in [-0.39, 0.29) is 11.7 Å². The van der Waals surface area contributed by atoms with Gasteiger partial charge in [0.15, 0.2) is 0 Å². The van der Waals surface area contributed by atoms with Gasteiger partial charge in [-0.1, -0.05) is 31.2 Å². The van der Waals surface area contributed by atoms with E-state index < -0.39 is 7.12 Å². The number of fused-ring (bicyclic) bond motifs is 1. The Labute approximate surface area is 134 Å². The average Bonchev–Trinajstić information content (AvgIpc) is 2.53. The number of nitrogens with zero attached hydrogens (tertiary/aromatic N) is 2. The van der Waals surface area contributed by atoms with Crippen molar-refractivity contribution in [2.45, 2.75) is 12.7 Å². The highest BCUT2D eigenvalue weighted by atomic mass is 16.4. The fourth-order valence-electron chi connectivity index (χ4n) is 2.84. The molecule has 5 N–H and O–H groups in total. The second-order valence-electron chi connectivity index (χ2n) is 5.77. The van der Waals surface area contributed by atoms with E-state index in [4.69, 9.17) is 5.73 Å². The summed E-state index contributed by atoms with van der Waals surface area (Å²) in [5.41, 5.74) is 8.37. The van der Waals surface area contributed by atoms with Crippen molar-refractivity contribution in [3.63, 3.8) is 0 Å². The molecule has 23 heavy (non-hydrogen) atoms. The van der Waals surface area contributed by atoms with Crippen molar-refractivity contribution < 1.29 is 10.0 Å². The van der Waals surface area contributed by atoms with Crippen LogP contribution in [0.25, 0.3) is 10.9 Å². The number of allylic oxidation sites excluding steroid dienone is 2. The third-order valence-corrected chi connectivity index (χ3v) is 4.12. The molecule has 0 saturated heterocycles. The van der Waals surface area contributed by atoms with Crippen molar-refractivity contribution in [3.05, 3.63) is 48.3 Å². The maximum absolute atomic E-state index is 9.32. The van der Waals surface area contributed by atoms with E-state index in [1.807, 2.05) is 43.4 Å². The number of benzene rings is 1. The zero-order valence-electron chi connectivity index (χ0n) is 12.8. The Hall–Kier alpha value is -2.38. The predicted molar refractivity (Wildman–Crippen MR) is 92.8 cm³/mol. The van der Waals surface area contributed by atoms with Crippen LogP contribution in [0.5, 0.6) is 0 Å². The van der Waals surface area contributed by atoms with Crippen LogP contribution >= 0.6 is 0 Å². The molecule has 3 rings (SSSR count). The molecule has 7 heteroatoms. The largest absolute Gasteiger partial charge is 0.459 e. The van der Waals surface area contributed by atoms with Gasteiger partial charge in [0.1, 0.15) is 12.1 Å². The fourth-order valence-corrected chi connectivity index (χ4v) is 2.84. The second-order valence-corrected chi connectivity index (χ2v) is 5.77. The summed E-state index contributed by atoms with van der Waals surface area (Å²) in [5.74, 6) is 0.529. The van der Waals surface area contributed by atoms with Crippen LogP contribution in [0, 0.1) is 5.92 Å². The van der Waals surface area contributed by atoms with Crippen LogP contribution in [0.2, 0.25) is 5.82 Å². The third kappa shape index (κ3) is 3.20. The number of hydrogen-bond donors (Lipinski definition) is 4. The van der Waals surface area contributed by atoms with E-state index in [1.165, 1.54) is 6.33 Å². The maximum Gasteiger partial charge on any atom is 0.459 e. The number of anilines is 2. The predicted octanol–water partition coefficient (Wildman–Crippen LogP) is 1.60. The SMILES string of the molecule is CC1C=C(CNc2ncnc3c(N)cccc23)C=CC1B(O)O. The van der Waals surface area contributed by atoms with Crippen LogP contribution in [0.3, 0.4) is 0 Å². The minimum Gasteiger partial charge on any atom is -0.427 e. The van der Waals surface area contributed by atoms with Crippen LogP contribution < -0.4 is 11.1 Å². The third-order valence-electron chi connectivity index (χ3n) is 4.12. The first-order valence-corrected chi connectivity index (χ1v) is 7.54. The summed E-state index contributed by atoms with van der Waals surface area (Å²) >= 11 is 0. The molecule has 0 fully saturated rings. The Morgan fingerprint density at radius 1 is 1.30 bits per heavy atom. The van der Waals surface area contributed by atoms with Gasteiger partial charge in [-0.2, -0.15) is 0 Å². The van der Waals surface area contributed by atoms with Gasteiger partial charge in [0.2, 0.25) is 0 Å². The molecule has 2 atom stereocenters. The number of rotatable bonds is 4. The molecule has 0 aliphatic heterocycles. The summed E-state index contributed by atoms with van der Waals surface area (Å²) in [4.78, 5) is 8.50. The Bertz CT molecular complexity index is 776. The van der Waals surface area contributed by atoms with E-state index in [9.17, 15) is 10.0 Å². The van der Waals surface area contributed by atoms with E-state index in [0.29, 0.717) is 12.2 Å². The highest BCUT2D eigenvalue weighted by Crippen LogP contribution is 2.29. The monoisotopic (exact) mass is 310 g/mol. The van der Waals surface area contributed by atoms with Crippen LogP contribution in [-0.4, -0.2) is 33.7 Å². The molecule has 0 bridgehead atoms. The molecule has 1 aromatic heterocycles. The Balaban J connectivity index is 1.76. The van der Waals surface area contributed by atoms with Gasteiger partial charge in [-0.05, 0) is 23.6 Å². The quantitative estimate of drug-likeness (QED) is 0.505. The number of hydrogen-bond acceptors (Lipinski definition) is 6. The van der Waals surface area contributed by atoms with Crippen LogP contribution in [0.15, 0.2) is 48.3 Å². The molecule has 2 aromatic rings. The summed E-state index contributed by atoms with van der Waals surface area (Å²) in [5, 5.41) is 22.8. The molecule has 1 aromatic carbocycles. The van der Waals surface area contributed by atoms with Gasteiger partial charge < -0.3 is 21.1 Å². The normalized spacial score (nSPS) is 20.4. The van der Waals surface area contributed by atoms with Crippen molar-refractivity contribution in [1.82, 2.24) is 9.97 Å². The smallest absolute Gasteiger partial charge is 0.427 e. The first-order chi connectivity index (χ1) is 11.1. The lowest BCUT2D eigenvalue weighted by Crippen LogP contribution is -2.25. The number of nitrogens with one attached hydrogen (secondary N) is 1. The van der Waals surface area contributed by atoms with E-state index in [2.05, 4.69) is 15.3 Å². The Morgan fingerprint density at radius 2 is 2.13 bits per heavy atom. The maximum atomic E-state index is 9.32. The van der Waals surface area contributed by atoms with Crippen molar-refractivity contribution in [1.29, 1.82) is 0 Å². The second kappa shape index (κ2) is 6.40. The highest BCUT2D eigenvalue weighted by molar-refractivity contribution is 6.44. The molecular weight excluding hydrogens is 291 g/mol. The zero-order chi connectivity index (χ0) is 16.4. The van der Waals surface area contributed by atoms with Gasteiger partial charge in [0.25, 0.3) is 0 Å². The lowest BCUT2D eigenvalue weighted by molar-refractivity contribution is 0.381. The lowest BCUT2D eigenvalue weighted by atomic mass is 9.64. The van der Waals surface area contributed by atoms with Crippen LogP contribution in [0.1, 0.15) is 6.92 Å². The van der Waals surface area contributed by atoms with Crippen molar-refractivity contribution in [2.75, 3.05) is 17.6 Å². The van der Waals surface area contributed by atoms with Gasteiger partial charge in [-0.25, -0.2) is 9.97 Å². The molecule has 0 amide bonds. The van der Waals surface area contributed by atoms with Gasteiger partial charge >= 0.3 is 7.12 Å². The Kier molecular flexibility index (Phi) is 4.32. The van der Waals surface area contributed by atoms with Gasteiger partial charge in [0.05, 0.1) is 11.2 Å². The first kappa shape index (κ1) is 15.5. The Morgan fingerprint density at radius 3 is 2.87 bits per heavy atom. The minimum atomic E-state index is -1.33. The van der Waals surface area contributed by atoms with E-state index in [0.717, 1.165) is 22.3 Å². The molecule has 0 radical (unpaired) electrons. The number of nitrogen functional groups attached to an aromatic ring is 1. The van der Waals surface area contributed by atoms with Crippen molar-refractivity contribution >= 4 is 29.5 Å². The summed E-state index contributed by atoms with van der Waals surface area (Å²) in [7, 11) is -1.33. The minimum absolute atomic E-state index is 0.0644. The molecule has 2 unspecified atom stereocenters. The summed E-state index contributed by atoms with van der Waals surface area (Å²) in [6.45, 7) is 2.56. The lowest BCUT2D eigenvalue weighted by Gasteiger charge is -2.22. The number of nitrogens with two attached hydrogens (primary N) is 1. The van der Waals surface area contributed by atoms with Gasteiger partial charge in [-0.15, -0.1) is 0 Å². The molecule has 1 heterocycles. The molecule has 1 aliphatic carbocycles. The number of para-hydroxylation sites is 1. The average molecular weight is 310 g/mol. The van der Waals surface area contributed by atoms with Crippen molar-refractivity contribution in [2.24, 2.45) is 5.92 Å². The molecule has 118 valence electrons. The van der Waals surface area contributed by atoms with Gasteiger partial charge in [-0.3, -0.25) is 0 Å². The molecule has 6 nitrogen and oxygen atoms in total. The number of aromatic nitrogens is 2. The van der Waals surface area contributed by atoms with Crippen LogP contribution in [0.4, 0.5) is 11.5 Å². The summed E-state index contributed by atoms with van der Waals surface area (Å²) < 4.78 is 0. The molecular formula is C16H19BN4O2. The molecule has 0 saturated carbocycles. The van der Waals surface area contributed by atoms with Crippen molar-refractivity contribution in [3.8, 4) is 0 Å². The zero-order valence-corrected chi connectivity index (χ0v) is 12.8. The fraction of sp³-hybridized carbons (Fsp3) is 0.250. The highest BCUT2D eigenvalue weighted by Gasteiger charge is 2.27. The summed E-state index contributed by atoms with van der Waals surface area (Å²) in [6, 6.07) is 5.62. The van der Waals surface area contributed by atoms with Crippen LogP contribution in [-0.2, 0) is 0 Å². The van der Waals surface area contributed by atoms with E-state index in [1.54, 1.807) is 0 Å². The molecule has 0 spiro atoms. The summed E-state index contributed by atoms with van der Waals surface area (Å²) in [6.07, 6.45) is 7.28. The molecule has 1 aliphatic rings. The van der Waals surface area contributed by atoms with E-state index >= 15 is 0 Å².